The summed E-state index contributed by atoms with van der Waals surface area (Å²) in [7, 11) is 0. The number of nitrogens with two attached hydrogens (primary N) is 1. The van der Waals surface area contributed by atoms with Crippen LogP contribution in [0.2, 0.25) is 5.02 Å². The summed E-state index contributed by atoms with van der Waals surface area (Å²) < 4.78 is 0. The molecule has 1 aliphatic heterocycles. The van der Waals surface area contributed by atoms with Crippen molar-refractivity contribution in [2.45, 2.75) is 32.4 Å². The molecule has 2 N–H and O–H groups in total. The molecule has 1 saturated heterocycles. The number of piperidine rings is 1. The molecule has 0 amide bonds. The van der Waals surface area contributed by atoms with Gasteiger partial charge >= 0.3 is 0 Å². The van der Waals surface area contributed by atoms with Crippen LogP contribution in [0.5, 0.6) is 0 Å². The fourth-order valence-corrected chi connectivity index (χ4v) is 2.61. The topological polar surface area (TPSA) is 29.3 Å². The lowest BCUT2D eigenvalue weighted by Gasteiger charge is -2.31. The van der Waals surface area contributed by atoms with Crippen molar-refractivity contribution >= 4 is 11.6 Å². The number of benzene rings is 1. The SMILES string of the molecule is Cc1cccc(Cl)c1CN1CCCC(N)C1. The first-order chi connectivity index (χ1) is 7.66. The molecule has 0 radical (unpaired) electrons. The van der Waals surface area contributed by atoms with E-state index in [1.807, 2.05) is 12.1 Å². The van der Waals surface area contributed by atoms with Gasteiger partial charge in [-0.2, -0.15) is 0 Å². The molecule has 2 nitrogen and oxygen atoms in total. The molecule has 0 aliphatic carbocycles. The fourth-order valence-electron chi connectivity index (χ4n) is 2.33. The lowest BCUT2D eigenvalue weighted by molar-refractivity contribution is 0.201. The molecule has 0 aromatic heterocycles. The largest absolute Gasteiger partial charge is 0.327 e. The normalized spacial score (nSPS) is 22.3. The average molecular weight is 239 g/mol. The van der Waals surface area contributed by atoms with Gasteiger partial charge in [0.15, 0.2) is 0 Å². The van der Waals surface area contributed by atoms with Gasteiger partial charge in [0.05, 0.1) is 0 Å². The third kappa shape index (κ3) is 2.76. The van der Waals surface area contributed by atoms with Crippen molar-refractivity contribution in [3.8, 4) is 0 Å². The highest BCUT2D eigenvalue weighted by atomic mass is 35.5. The maximum absolute atomic E-state index is 6.23. The maximum atomic E-state index is 6.23. The summed E-state index contributed by atoms with van der Waals surface area (Å²) in [5, 5.41) is 0.874. The maximum Gasteiger partial charge on any atom is 0.0453 e. The summed E-state index contributed by atoms with van der Waals surface area (Å²) in [6.07, 6.45) is 2.35. The Hall–Kier alpha value is -0.570. The lowest BCUT2D eigenvalue weighted by Crippen LogP contribution is -2.42. The molecule has 88 valence electrons. The highest BCUT2D eigenvalue weighted by Gasteiger charge is 2.18. The fraction of sp³-hybridized carbons (Fsp3) is 0.538. The summed E-state index contributed by atoms with van der Waals surface area (Å²) in [5.74, 6) is 0. The van der Waals surface area contributed by atoms with Gasteiger partial charge in [-0.25, -0.2) is 0 Å². The molecule has 1 fully saturated rings. The number of rotatable bonds is 2. The highest BCUT2D eigenvalue weighted by Crippen LogP contribution is 2.22. The first-order valence-electron chi connectivity index (χ1n) is 5.89. The van der Waals surface area contributed by atoms with E-state index in [2.05, 4.69) is 17.9 Å². The van der Waals surface area contributed by atoms with Gasteiger partial charge in [-0.1, -0.05) is 23.7 Å². The molecule has 0 spiro atoms. The highest BCUT2D eigenvalue weighted by molar-refractivity contribution is 6.31. The van der Waals surface area contributed by atoms with Gasteiger partial charge in [0.25, 0.3) is 0 Å². The predicted octanol–water partition coefficient (Wildman–Crippen LogP) is 2.57. The first kappa shape index (κ1) is 11.9. The molecule has 1 aliphatic rings. The van der Waals surface area contributed by atoms with Crippen LogP contribution >= 0.6 is 11.6 Å². The molecule has 0 bridgehead atoms. The second-order valence-corrected chi connectivity index (χ2v) is 5.08. The number of hydrogen-bond donors (Lipinski definition) is 1. The minimum atomic E-state index is 0.330. The summed E-state index contributed by atoms with van der Waals surface area (Å²) in [6, 6.07) is 6.42. The van der Waals surface area contributed by atoms with Gasteiger partial charge < -0.3 is 5.73 Å². The van der Waals surface area contributed by atoms with E-state index in [1.54, 1.807) is 0 Å². The molecule has 2 rings (SSSR count). The third-order valence-corrected chi connectivity index (χ3v) is 3.63. The van der Waals surface area contributed by atoms with E-state index in [0.717, 1.165) is 31.1 Å². The molecular formula is C13H19ClN2. The summed E-state index contributed by atoms with van der Waals surface area (Å²) in [6.45, 7) is 5.17. The van der Waals surface area contributed by atoms with Crippen LogP contribution in [0.1, 0.15) is 24.0 Å². The molecule has 1 unspecified atom stereocenters. The quantitative estimate of drug-likeness (QED) is 0.858. The summed E-state index contributed by atoms with van der Waals surface area (Å²) in [5.41, 5.74) is 8.50. The Morgan fingerprint density at radius 3 is 3.00 bits per heavy atom. The second kappa shape index (κ2) is 5.17. The second-order valence-electron chi connectivity index (χ2n) is 4.67. The lowest BCUT2D eigenvalue weighted by atomic mass is 10.0. The van der Waals surface area contributed by atoms with Crippen molar-refractivity contribution in [1.82, 2.24) is 4.90 Å². The number of nitrogens with zero attached hydrogens (tertiary/aromatic N) is 1. The van der Waals surface area contributed by atoms with Crippen LogP contribution in [0.3, 0.4) is 0 Å². The van der Waals surface area contributed by atoms with Gasteiger partial charge in [-0.15, -0.1) is 0 Å². The Balaban J connectivity index is 2.08. The first-order valence-corrected chi connectivity index (χ1v) is 6.26. The van der Waals surface area contributed by atoms with E-state index in [1.165, 1.54) is 17.5 Å². The Kier molecular flexibility index (Phi) is 3.85. The molecule has 16 heavy (non-hydrogen) atoms. The Morgan fingerprint density at radius 1 is 1.50 bits per heavy atom. The molecular weight excluding hydrogens is 220 g/mol. The molecule has 1 atom stereocenters. The van der Waals surface area contributed by atoms with E-state index in [-0.39, 0.29) is 0 Å². The monoisotopic (exact) mass is 238 g/mol. The smallest absolute Gasteiger partial charge is 0.0453 e. The Bertz CT molecular complexity index is 345. The molecule has 3 heteroatoms. The van der Waals surface area contributed by atoms with Crippen LogP contribution in [0.25, 0.3) is 0 Å². The van der Waals surface area contributed by atoms with Crippen molar-refractivity contribution in [3.63, 3.8) is 0 Å². The third-order valence-electron chi connectivity index (χ3n) is 3.28. The number of likely N-dealkylation sites (tertiary alicyclic amines) is 1. The van der Waals surface area contributed by atoms with Crippen molar-refractivity contribution < 1.29 is 0 Å². The van der Waals surface area contributed by atoms with Crippen molar-refractivity contribution in [3.05, 3.63) is 34.3 Å². The zero-order valence-electron chi connectivity index (χ0n) is 9.75. The summed E-state index contributed by atoms with van der Waals surface area (Å²) in [4.78, 5) is 2.41. The molecule has 1 aromatic rings. The number of aryl methyl sites for hydroxylation is 1. The van der Waals surface area contributed by atoms with Gasteiger partial charge in [0.2, 0.25) is 0 Å². The molecule has 0 saturated carbocycles. The number of hydrogen-bond acceptors (Lipinski definition) is 2. The predicted molar refractivity (Wildman–Crippen MR) is 68.7 cm³/mol. The van der Waals surface area contributed by atoms with Gasteiger partial charge in [0, 0.05) is 24.2 Å². The van der Waals surface area contributed by atoms with Crippen LogP contribution in [0.4, 0.5) is 0 Å². The van der Waals surface area contributed by atoms with E-state index >= 15 is 0 Å². The molecule has 1 heterocycles. The minimum absolute atomic E-state index is 0.330. The number of halogens is 1. The van der Waals surface area contributed by atoms with E-state index in [9.17, 15) is 0 Å². The minimum Gasteiger partial charge on any atom is -0.327 e. The van der Waals surface area contributed by atoms with Crippen molar-refractivity contribution in [2.24, 2.45) is 5.73 Å². The van der Waals surface area contributed by atoms with Crippen molar-refractivity contribution in [2.75, 3.05) is 13.1 Å². The van der Waals surface area contributed by atoms with Crippen LogP contribution in [-0.2, 0) is 6.54 Å². The zero-order chi connectivity index (χ0) is 11.5. The summed E-state index contributed by atoms with van der Waals surface area (Å²) >= 11 is 6.23. The van der Waals surface area contributed by atoms with Gasteiger partial charge in [0.1, 0.15) is 0 Å². The Morgan fingerprint density at radius 2 is 2.31 bits per heavy atom. The van der Waals surface area contributed by atoms with Gasteiger partial charge in [-0.05, 0) is 43.5 Å². The molecule has 1 aromatic carbocycles. The van der Waals surface area contributed by atoms with Crippen LogP contribution in [-0.4, -0.2) is 24.0 Å². The van der Waals surface area contributed by atoms with Crippen LogP contribution < -0.4 is 5.73 Å². The van der Waals surface area contributed by atoms with E-state index in [4.69, 9.17) is 17.3 Å². The zero-order valence-corrected chi connectivity index (χ0v) is 10.5. The van der Waals surface area contributed by atoms with E-state index < -0.39 is 0 Å². The van der Waals surface area contributed by atoms with Gasteiger partial charge in [-0.3, -0.25) is 4.90 Å². The van der Waals surface area contributed by atoms with E-state index in [0.29, 0.717) is 6.04 Å². The standard InChI is InChI=1S/C13H19ClN2/c1-10-4-2-6-13(14)12(10)9-16-7-3-5-11(15)8-16/h2,4,6,11H,3,5,7-9,15H2,1H3. The van der Waals surface area contributed by atoms with Crippen LogP contribution in [0.15, 0.2) is 18.2 Å². The average Bonchev–Trinajstić information content (AvgIpc) is 2.24. The van der Waals surface area contributed by atoms with Crippen molar-refractivity contribution in [1.29, 1.82) is 0 Å². The van der Waals surface area contributed by atoms with Crippen LogP contribution in [0, 0.1) is 6.92 Å². The Labute approximate surface area is 102 Å².